The van der Waals surface area contributed by atoms with Gasteiger partial charge in [0.1, 0.15) is 0 Å². The Morgan fingerprint density at radius 2 is 1.81 bits per heavy atom. The first kappa shape index (κ1) is 20.7. The summed E-state index contributed by atoms with van der Waals surface area (Å²) in [6.07, 6.45) is 6.18. The molecule has 0 saturated carbocycles. The van der Waals surface area contributed by atoms with E-state index >= 15 is 0 Å². The fourth-order valence-electron chi connectivity index (χ4n) is 3.39. The van der Waals surface area contributed by atoms with E-state index < -0.39 is 0 Å². The number of aromatic nitrogens is 7. The Morgan fingerprint density at radius 3 is 2.48 bits per heavy atom. The van der Waals surface area contributed by atoms with Crippen LogP contribution in [0.25, 0.3) is 28.6 Å². The highest BCUT2D eigenvalue weighted by atomic mass is 15.5. The largest absolute Gasteiger partial charge is 0.242 e. The lowest BCUT2D eigenvalue weighted by Gasteiger charge is -2.09. The van der Waals surface area contributed by atoms with Crippen molar-refractivity contribution in [1.29, 1.82) is 0 Å². The Hall–Kier alpha value is -3.61. The van der Waals surface area contributed by atoms with Crippen molar-refractivity contribution in [2.75, 3.05) is 0 Å². The number of nitrogens with zero attached hydrogens (tertiary/aromatic N) is 6. The fourth-order valence-corrected chi connectivity index (χ4v) is 3.39. The molecule has 4 rings (SSSR count). The molecule has 1 atom stereocenters. The molecule has 0 aliphatic heterocycles. The topological polar surface area (TPSA) is 85.2 Å². The molecule has 0 saturated heterocycles. The Kier molecular flexibility index (Phi) is 6.31. The van der Waals surface area contributed by atoms with Gasteiger partial charge >= 0.3 is 0 Å². The molecule has 2 heterocycles. The molecular weight excluding hydrogens is 386 g/mol. The van der Waals surface area contributed by atoms with Gasteiger partial charge in [-0.05, 0) is 40.8 Å². The second kappa shape index (κ2) is 9.47. The van der Waals surface area contributed by atoms with Crippen molar-refractivity contribution in [2.24, 2.45) is 0 Å². The van der Waals surface area contributed by atoms with Crippen LogP contribution in [0.4, 0.5) is 0 Å². The van der Waals surface area contributed by atoms with Gasteiger partial charge in [0.05, 0.1) is 6.54 Å². The van der Waals surface area contributed by atoms with Gasteiger partial charge in [0.25, 0.3) is 0 Å². The van der Waals surface area contributed by atoms with Crippen LogP contribution in [0.1, 0.15) is 56.7 Å². The number of hydrogen-bond acceptors (Lipinski definition) is 5. The van der Waals surface area contributed by atoms with Gasteiger partial charge in [-0.1, -0.05) is 75.4 Å². The normalized spacial score (nSPS) is 12.5. The van der Waals surface area contributed by atoms with Crippen molar-refractivity contribution in [2.45, 2.75) is 46.1 Å². The van der Waals surface area contributed by atoms with E-state index in [4.69, 9.17) is 10.1 Å². The van der Waals surface area contributed by atoms with Crippen molar-refractivity contribution < 1.29 is 0 Å². The Labute approximate surface area is 182 Å². The summed E-state index contributed by atoms with van der Waals surface area (Å²) in [4.78, 5) is 4.76. The first-order chi connectivity index (χ1) is 15.2. The van der Waals surface area contributed by atoms with Crippen molar-refractivity contribution in [3.8, 4) is 22.5 Å². The Balaban J connectivity index is 1.61. The minimum absolute atomic E-state index is 0.346. The maximum absolute atomic E-state index is 4.78. The average molecular weight is 414 g/mol. The van der Waals surface area contributed by atoms with E-state index in [2.05, 4.69) is 83.9 Å². The molecule has 1 N–H and O–H groups in total. The first-order valence-corrected chi connectivity index (χ1v) is 10.7. The zero-order chi connectivity index (χ0) is 21.6. The van der Waals surface area contributed by atoms with Crippen LogP contribution >= 0.6 is 0 Å². The summed E-state index contributed by atoms with van der Waals surface area (Å²) >= 11 is 0. The average Bonchev–Trinajstić information content (AvgIpc) is 3.48. The third kappa shape index (κ3) is 4.60. The molecule has 158 valence electrons. The predicted molar refractivity (Wildman–Crippen MR) is 122 cm³/mol. The van der Waals surface area contributed by atoms with Crippen LogP contribution < -0.4 is 0 Å². The van der Waals surface area contributed by atoms with Gasteiger partial charge in [-0.25, -0.2) is 9.67 Å². The zero-order valence-electron chi connectivity index (χ0n) is 18.2. The van der Waals surface area contributed by atoms with Crippen molar-refractivity contribution in [3.05, 3.63) is 71.8 Å². The summed E-state index contributed by atoms with van der Waals surface area (Å²) in [6, 6.07) is 16.6. The quantitative estimate of drug-likeness (QED) is 0.434. The van der Waals surface area contributed by atoms with E-state index in [1.807, 2.05) is 22.9 Å². The molecule has 7 nitrogen and oxygen atoms in total. The van der Waals surface area contributed by atoms with E-state index in [0.29, 0.717) is 18.3 Å². The number of benzene rings is 2. The summed E-state index contributed by atoms with van der Waals surface area (Å²) in [5.74, 6) is 2.75. The lowest BCUT2D eigenvalue weighted by molar-refractivity contribution is 0.628. The van der Waals surface area contributed by atoms with Crippen molar-refractivity contribution in [3.63, 3.8) is 0 Å². The third-order valence-electron chi connectivity index (χ3n) is 5.38. The Bertz CT molecular complexity index is 1140. The van der Waals surface area contributed by atoms with Gasteiger partial charge < -0.3 is 0 Å². The monoisotopic (exact) mass is 413 g/mol. The predicted octanol–water partition coefficient (Wildman–Crippen LogP) is 5.11. The molecule has 1 unspecified atom stereocenters. The minimum Gasteiger partial charge on any atom is -0.242 e. The van der Waals surface area contributed by atoms with Gasteiger partial charge in [-0.15, -0.1) is 10.2 Å². The van der Waals surface area contributed by atoms with Crippen molar-refractivity contribution in [1.82, 2.24) is 35.4 Å². The van der Waals surface area contributed by atoms with E-state index in [-0.39, 0.29) is 0 Å². The second-order valence-electron chi connectivity index (χ2n) is 7.58. The fraction of sp³-hybridized carbons (Fsp3) is 0.292. The van der Waals surface area contributed by atoms with E-state index in [1.165, 1.54) is 5.56 Å². The van der Waals surface area contributed by atoms with Gasteiger partial charge in [0.2, 0.25) is 5.82 Å². The van der Waals surface area contributed by atoms with Crippen LogP contribution in [0.3, 0.4) is 0 Å². The van der Waals surface area contributed by atoms with E-state index in [0.717, 1.165) is 41.2 Å². The standard InChI is InChI=1S/C24H27N7/c1-4-6-11-22-25-23(17(3)5-2)28-31(22)16-18-12-14-19(15-13-18)20-9-7-8-10-21(20)24-26-29-30-27-24/h6-15,17H,4-5,16H2,1-3H3,(H,26,27,29,30)/b11-6+. The van der Waals surface area contributed by atoms with Crippen molar-refractivity contribution >= 4 is 6.08 Å². The molecule has 7 heteroatoms. The number of allylic oxidation sites excluding steroid dienone is 1. The maximum atomic E-state index is 4.78. The minimum atomic E-state index is 0.346. The molecule has 0 radical (unpaired) electrons. The molecule has 2 aromatic carbocycles. The summed E-state index contributed by atoms with van der Waals surface area (Å²) in [6.45, 7) is 7.14. The van der Waals surface area contributed by atoms with Gasteiger partial charge in [-0.3, -0.25) is 0 Å². The molecule has 0 aliphatic rings. The number of tetrazole rings is 1. The lowest BCUT2D eigenvalue weighted by Crippen LogP contribution is -2.05. The summed E-state index contributed by atoms with van der Waals surface area (Å²) in [5.41, 5.74) is 4.30. The van der Waals surface area contributed by atoms with Crippen LogP contribution in [0, 0.1) is 0 Å². The number of hydrogen-bond donors (Lipinski definition) is 1. The maximum Gasteiger partial charge on any atom is 0.205 e. The van der Waals surface area contributed by atoms with Crippen LogP contribution in [-0.2, 0) is 6.54 Å². The molecule has 0 bridgehead atoms. The molecule has 0 fully saturated rings. The van der Waals surface area contributed by atoms with Crippen LogP contribution in [0.5, 0.6) is 0 Å². The highest BCUT2D eigenvalue weighted by Gasteiger charge is 2.14. The van der Waals surface area contributed by atoms with Gasteiger partial charge in [0.15, 0.2) is 11.6 Å². The number of nitrogens with one attached hydrogen (secondary N) is 1. The van der Waals surface area contributed by atoms with Gasteiger partial charge in [-0.2, -0.15) is 10.3 Å². The number of aromatic amines is 1. The molecular formula is C24H27N7. The molecule has 0 spiro atoms. The van der Waals surface area contributed by atoms with Crippen LogP contribution in [0.2, 0.25) is 0 Å². The Morgan fingerprint density at radius 1 is 1.03 bits per heavy atom. The van der Waals surface area contributed by atoms with Crippen LogP contribution in [-0.4, -0.2) is 35.4 Å². The lowest BCUT2D eigenvalue weighted by atomic mass is 9.98. The number of rotatable bonds is 8. The highest BCUT2D eigenvalue weighted by molar-refractivity contribution is 5.80. The SMILES string of the molecule is CC/C=C/c1nc(C(C)CC)nn1Cc1ccc(-c2ccccc2-c2nn[nH]n2)cc1. The number of H-pyrrole nitrogens is 1. The first-order valence-electron chi connectivity index (χ1n) is 10.7. The molecule has 2 aromatic heterocycles. The van der Waals surface area contributed by atoms with Crippen LogP contribution in [0.15, 0.2) is 54.6 Å². The van der Waals surface area contributed by atoms with Gasteiger partial charge in [0, 0.05) is 11.5 Å². The van der Waals surface area contributed by atoms with E-state index in [9.17, 15) is 0 Å². The molecule has 31 heavy (non-hydrogen) atoms. The van der Waals surface area contributed by atoms with E-state index in [1.54, 1.807) is 0 Å². The zero-order valence-corrected chi connectivity index (χ0v) is 18.2. The smallest absolute Gasteiger partial charge is 0.205 e. The summed E-state index contributed by atoms with van der Waals surface area (Å²) in [7, 11) is 0. The summed E-state index contributed by atoms with van der Waals surface area (Å²) in [5, 5.41) is 19.3. The molecule has 0 amide bonds. The highest BCUT2D eigenvalue weighted by Crippen LogP contribution is 2.29. The second-order valence-corrected chi connectivity index (χ2v) is 7.58. The molecule has 0 aliphatic carbocycles. The third-order valence-corrected chi connectivity index (χ3v) is 5.38. The molecule has 4 aromatic rings. The summed E-state index contributed by atoms with van der Waals surface area (Å²) < 4.78 is 2.00.